The Hall–Kier alpha value is -2.47. The van der Waals surface area contributed by atoms with Gasteiger partial charge in [-0.05, 0) is 42.8 Å². The average molecular weight is 370 g/mol. The molecule has 3 rings (SSSR count). The van der Waals surface area contributed by atoms with E-state index in [9.17, 15) is 4.79 Å². The van der Waals surface area contributed by atoms with Gasteiger partial charge in [-0.1, -0.05) is 36.9 Å². The van der Waals surface area contributed by atoms with Gasteiger partial charge in [0.15, 0.2) is 11.8 Å². The van der Waals surface area contributed by atoms with Gasteiger partial charge in [0.2, 0.25) is 0 Å². The summed E-state index contributed by atoms with van der Waals surface area (Å²) in [7, 11) is 1.63. The van der Waals surface area contributed by atoms with Crippen molar-refractivity contribution in [1.82, 2.24) is 4.90 Å². The number of aliphatic imine (C=N–C) groups is 1. The molecule has 1 saturated heterocycles. The van der Waals surface area contributed by atoms with Gasteiger partial charge in [0.1, 0.15) is 11.5 Å². The number of benzene rings is 2. The molecule has 1 aliphatic heterocycles. The van der Waals surface area contributed by atoms with E-state index in [0.29, 0.717) is 5.75 Å². The number of para-hydroxylation sites is 1. The number of methoxy groups -OCH3 is 1. The fraction of sp³-hybridized carbons (Fsp3) is 0.300. The van der Waals surface area contributed by atoms with Crippen LogP contribution in [0, 0.1) is 0 Å². The van der Waals surface area contributed by atoms with Crippen molar-refractivity contribution in [3.8, 4) is 11.5 Å². The van der Waals surface area contributed by atoms with E-state index in [4.69, 9.17) is 9.47 Å². The lowest BCUT2D eigenvalue weighted by Crippen LogP contribution is -2.41. The van der Waals surface area contributed by atoms with Crippen molar-refractivity contribution in [1.29, 1.82) is 0 Å². The first kappa shape index (κ1) is 18.3. The number of carbonyl (C=O) groups excluding carboxylic acids is 1. The number of rotatable bonds is 6. The standard InChI is InChI=1S/C20H22N2O3S/c1-3-16-14-26-20(21-15-9-11-17(24-2)12-10-15)22(16)19(23)13-25-18-7-5-4-6-8-18/h4-12,16H,3,13-14H2,1-2H3/t16-/m1/s1. The molecule has 1 amide bonds. The number of amides is 1. The lowest BCUT2D eigenvalue weighted by Gasteiger charge is -2.23. The zero-order valence-corrected chi connectivity index (χ0v) is 15.7. The van der Waals surface area contributed by atoms with E-state index >= 15 is 0 Å². The molecule has 6 heteroatoms. The van der Waals surface area contributed by atoms with Gasteiger partial charge in [0.05, 0.1) is 12.8 Å². The Bertz CT molecular complexity index is 762. The summed E-state index contributed by atoms with van der Waals surface area (Å²) in [4.78, 5) is 19.2. The predicted molar refractivity (Wildman–Crippen MR) is 105 cm³/mol. The summed E-state index contributed by atoms with van der Waals surface area (Å²) in [6.07, 6.45) is 0.881. The van der Waals surface area contributed by atoms with Gasteiger partial charge < -0.3 is 9.47 Å². The fourth-order valence-electron chi connectivity index (χ4n) is 2.67. The normalized spacial score (nSPS) is 18.2. The molecule has 1 atom stereocenters. The minimum absolute atomic E-state index is 0.00268. The third-order valence-corrected chi connectivity index (χ3v) is 5.22. The fourth-order valence-corrected chi connectivity index (χ4v) is 3.95. The second-order valence-corrected chi connectivity index (χ2v) is 6.82. The van der Waals surface area contributed by atoms with Crippen molar-refractivity contribution >= 4 is 28.5 Å². The zero-order chi connectivity index (χ0) is 18.4. The van der Waals surface area contributed by atoms with Crippen LogP contribution in [0.1, 0.15) is 13.3 Å². The van der Waals surface area contributed by atoms with Gasteiger partial charge in [-0.15, -0.1) is 0 Å². The highest BCUT2D eigenvalue weighted by Gasteiger charge is 2.34. The molecule has 0 spiro atoms. The number of ether oxygens (including phenoxy) is 2. The minimum Gasteiger partial charge on any atom is -0.497 e. The molecule has 0 aromatic heterocycles. The number of hydrogen-bond donors (Lipinski definition) is 0. The highest BCUT2D eigenvalue weighted by atomic mass is 32.2. The maximum absolute atomic E-state index is 12.8. The average Bonchev–Trinajstić information content (AvgIpc) is 3.10. The molecule has 2 aromatic carbocycles. The van der Waals surface area contributed by atoms with Crippen LogP contribution in [0.25, 0.3) is 0 Å². The van der Waals surface area contributed by atoms with E-state index < -0.39 is 0 Å². The van der Waals surface area contributed by atoms with Crippen LogP contribution in [0.15, 0.2) is 59.6 Å². The van der Waals surface area contributed by atoms with Crippen LogP contribution in [0.3, 0.4) is 0 Å². The molecule has 0 saturated carbocycles. The smallest absolute Gasteiger partial charge is 0.266 e. The summed E-state index contributed by atoms with van der Waals surface area (Å²) < 4.78 is 10.8. The molecule has 0 bridgehead atoms. The van der Waals surface area contributed by atoms with Crippen LogP contribution < -0.4 is 9.47 Å². The third-order valence-electron chi connectivity index (χ3n) is 4.12. The highest BCUT2D eigenvalue weighted by molar-refractivity contribution is 8.14. The van der Waals surface area contributed by atoms with Gasteiger partial charge in [0.25, 0.3) is 5.91 Å². The number of hydrogen-bond acceptors (Lipinski definition) is 5. The molecule has 0 radical (unpaired) electrons. The van der Waals surface area contributed by atoms with E-state index in [-0.39, 0.29) is 18.6 Å². The predicted octanol–water partition coefficient (Wildman–Crippen LogP) is 4.12. The first-order valence-electron chi connectivity index (χ1n) is 8.56. The Morgan fingerprint density at radius 1 is 1.15 bits per heavy atom. The quantitative estimate of drug-likeness (QED) is 0.768. The lowest BCUT2D eigenvalue weighted by molar-refractivity contribution is -0.130. The molecule has 1 heterocycles. The van der Waals surface area contributed by atoms with E-state index in [2.05, 4.69) is 11.9 Å². The van der Waals surface area contributed by atoms with Crippen molar-refractivity contribution < 1.29 is 14.3 Å². The molecule has 5 nitrogen and oxygen atoms in total. The summed E-state index contributed by atoms with van der Waals surface area (Å²) in [6, 6.07) is 17.0. The van der Waals surface area contributed by atoms with Crippen LogP contribution in [0.2, 0.25) is 0 Å². The third kappa shape index (κ3) is 4.38. The summed E-state index contributed by atoms with van der Waals surface area (Å²) in [5.74, 6) is 2.25. The Kier molecular flexibility index (Phi) is 6.17. The zero-order valence-electron chi connectivity index (χ0n) is 14.9. The van der Waals surface area contributed by atoms with E-state index in [0.717, 1.165) is 28.8 Å². The number of nitrogens with zero attached hydrogens (tertiary/aromatic N) is 2. The van der Waals surface area contributed by atoms with Gasteiger partial charge in [-0.3, -0.25) is 9.69 Å². The van der Waals surface area contributed by atoms with Crippen LogP contribution in [-0.4, -0.2) is 41.5 Å². The van der Waals surface area contributed by atoms with Crippen LogP contribution >= 0.6 is 11.8 Å². The molecule has 1 fully saturated rings. The molecule has 0 N–H and O–H groups in total. The highest BCUT2D eigenvalue weighted by Crippen LogP contribution is 2.29. The summed E-state index contributed by atoms with van der Waals surface area (Å²) in [6.45, 7) is 2.09. The summed E-state index contributed by atoms with van der Waals surface area (Å²) >= 11 is 1.61. The van der Waals surface area contributed by atoms with Crippen molar-refractivity contribution in [3.63, 3.8) is 0 Å². The summed E-state index contributed by atoms with van der Waals surface area (Å²) in [5, 5.41) is 0.726. The van der Waals surface area contributed by atoms with Crippen LogP contribution in [0.5, 0.6) is 11.5 Å². The monoisotopic (exact) mass is 370 g/mol. The number of thioether (sulfide) groups is 1. The first-order valence-corrected chi connectivity index (χ1v) is 9.55. The molecule has 2 aromatic rings. The first-order chi connectivity index (χ1) is 12.7. The van der Waals surface area contributed by atoms with E-state index in [1.54, 1.807) is 23.8 Å². The largest absolute Gasteiger partial charge is 0.497 e. The SMILES string of the molecule is CC[C@@H]1CSC(=Nc2ccc(OC)cc2)N1C(=O)COc1ccccc1. The second kappa shape index (κ2) is 8.76. The molecule has 0 aliphatic carbocycles. The Balaban J connectivity index is 1.74. The van der Waals surface area contributed by atoms with Gasteiger partial charge >= 0.3 is 0 Å². The van der Waals surface area contributed by atoms with Gasteiger partial charge in [-0.2, -0.15) is 0 Å². The topological polar surface area (TPSA) is 51.1 Å². The Labute approximate surface area is 158 Å². The molecule has 0 unspecified atom stereocenters. The maximum atomic E-state index is 12.8. The number of carbonyl (C=O) groups is 1. The summed E-state index contributed by atoms with van der Waals surface area (Å²) in [5.41, 5.74) is 0.798. The minimum atomic E-state index is -0.0713. The van der Waals surface area contributed by atoms with Crippen molar-refractivity contribution in [2.75, 3.05) is 19.5 Å². The lowest BCUT2D eigenvalue weighted by atomic mass is 10.2. The van der Waals surface area contributed by atoms with Crippen molar-refractivity contribution in [2.45, 2.75) is 19.4 Å². The molecular formula is C20H22N2O3S. The Morgan fingerprint density at radius 2 is 1.88 bits per heavy atom. The van der Waals surface area contributed by atoms with Gasteiger partial charge in [0, 0.05) is 11.8 Å². The number of amidine groups is 1. The Morgan fingerprint density at radius 3 is 2.54 bits per heavy atom. The molecule has 26 heavy (non-hydrogen) atoms. The van der Waals surface area contributed by atoms with Crippen LogP contribution in [0.4, 0.5) is 5.69 Å². The molecule has 1 aliphatic rings. The second-order valence-electron chi connectivity index (χ2n) is 5.83. The molecule has 136 valence electrons. The van der Waals surface area contributed by atoms with E-state index in [1.807, 2.05) is 54.6 Å². The van der Waals surface area contributed by atoms with Crippen molar-refractivity contribution in [3.05, 3.63) is 54.6 Å². The van der Waals surface area contributed by atoms with E-state index in [1.165, 1.54) is 0 Å². The molecular weight excluding hydrogens is 348 g/mol. The van der Waals surface area contributed by atoms with Crippen molar-refractivity contribution in [2.24, 2.45) is 4.99 Å². The van der Waals surface area contributed by atoms with Gasteiger partial charge in [-0.25, -0.2) is 4.99 Å². The van der Waals surface area contributed by atoms with Crippen LogP contribution in [-0.2, 0) is 4.79 Å². The maximum Gasteiger partial charge on any atom is 0.266 e.